The Morgan fingerprint density at radius 2 is 1.41 bits per heavy atom. The van der Waals surface area contributed by atoms with Crippen LogP contribution in [0.1, 0.15) is 79.8 Å². The summed E-state index contributed by atoms with van der Waals surface area (Å²) in [5.41, 5.74) is -1.46. The lowest BCUT2D eigenvalue weighted by molar-refractivity contribution is -0.143. The second-order valence-corrected chi connectivity index (χ2v) is 18.5. The van der Waals surface area contributed by atoms with Crippen LogP contribution in [0.3, 0.4) is 0 Å². The first-order valence-corrected chi connectivity index (χ1v) is 23.0. The molecule has 4 aromatic rings. The van der Waals surface area contributed by atoms with Crippen LogP contribution in [0.25, 0.3) is 0 Å². The molecule has 1 spiro atoms. The van der Waals surface area contributed by atoms with E-state index in [1.165, 1.54) is 36.2 Å². The number of fused-ring (bicyclic) bond motifs is 2. The highest BCUT2D eigenvalue weighted by molar-refractivity contribution is 5.95. The van der Waals surface area contributed by atoms with Crippen molar-refractivity contribution in [2.75, 3.05) is 80.3 Å². The predicted octanol–water partition coefficient (Wildman–Crippen LogP) is 8.33. The molecule has 4 aromatic carbocycles. The Kier molecular flexibility index (Phi) is 15.6. The van der Waals surface area contributed by atoms with Crippen molar-refractivity contribution in [3.05, 3.63) is 141 Å². The average molecular weight is 984 g/mol. The van der Waals surface area contributed by atoms with Gasteiger partial charge in [0.05, 0.1) is 23.8 Å². The third-order valence-corrected chi connectivity index (χ3v) is 14.0. The van der Waals surface area contributed by atoms with Crippen molar-refractivity contribution < 1.29 is 64.5 Å². The molecule has 7 rings (SSSR count). The smallest absolute Gasteiger partial charge is 0.416 e. The highest BCUT2D eigenvalue weighted by atomic mass is 19.4. The number of ether oxygens (including phenoxy) is 2. The lowest BCUT2D eigenvalue weighted by Crippen LogP contribution is -2.50. The molecule has 12 nitrogen and oxygen atoms in total. The van der Waals surface area contributed by atoms with E-state index in [2.05, 4.69) is 17.0 Å². The lowest BCUT2D eigenvalue weighted by Gasteiger charge is -2.44. The summed E-state index contributed by atoms with van der Waals surface area (Å²) in [6.07, 6.45) is -8.32. The molecule has 19 heteroatoms. The molecule has 2 atom stereocenters. The number of piperidine rings is 1. The quantitative estimate of drug-likeness (QED) is 0.111. The van der Waals surface area contributed by atoms with Crippen molar-refractivity contribution >= 4 is 23.8 Å². The molecule has 0 unspecified atom stereocenters. The number of rotatable bonds is 16. The fourth-order valence-electron chi connectivity index (χ4n) is 9.77. The molecule has 376 valence electrons. The van der Waals surface area contributed by atoms with Gasteiger partial charge in [0.15, 0.2) is 0 Å². The number of nitrogens with zero attached hydrogens (tertiary/aromatic N) is 5. The maximum absolute atomic E-state index is 14.1. The summed E-state index contributed by atoms with van der Waals surface area (Å²) in [4.78, 5) is 58.9. The minimum atomic E-state index is -5.14. The van der Waals surface area contributed by atoms with E-state index in [1.807, 2.05) is 24.3 Å². The van der Waals surface area contributed by atoms with Crippen LogP contribution in [-0.4, -0.2) is 140 Å². The number of halogens is 7. The number of likely N-dealkylation sites (tertiary alicyclic amines) is 1. The third-order valence-electron chi connectivity index (χ3n) is 14.0. The fraction of sp³-hybridized carbons (Fsp3) is 0.451. The number of amides is 4. The van der Waals surface area contributed by atoms with Crippen LogP contribution < -0.4 is 0 Å². The van der Waals surface area contributed by atoms with Gasteiger partial charge in [0.2, 0.25) is 5.91 Å². The zero-order valence-corrected chi connectivity index (χ0v) is 39.1. The van der Waals surface area contributed by atoms with Crippen LogP contribution in [0.5, 0.6) is 0 Å². The molecule has 0 radical (unpaired) electrons. The minimum Gasteiger partial charge on any atom is -0.465 e. The van der Waals surface area contributed by atoms with E-state index < -0.39 is 64.6 Å². The molecule has 1 N–H and O–H groups in total. The second-order valence-electron chi connectivity index (χ2n) is 18.5. The zero-order chi connectivity index (χ0) is 50.6. The van der Waals surface area contributed by atoms with Crippen molar-refractivity contribution in [1.82, 2.24) is 24.5 Å². The Morgan fingerprint density at radius 1 is 0.786 bits per heavy atom. The monoisotopic (exact) mass is 983 g/mol. The summed E-state index contributed by atoms with van der Waals surface area (Å²) in [5.74, 6) is -1.98. The van der Waals surface area contributed by atoms with Crippen molar-refractivity contribution in [3.63, 3.8) is 0 Å². The van der Waals surface area contributed by atoms with Crippen molar-refractivity contribution in [3.8, 4) is 0 Å². The molecule has 0 aromatic heterocycles. The zero-order valence-electron chi connectivity index (χ0n) is 39.1. The Morgan fingerprint density at radius 3 is 2.04 bits per heavy atom. The van der Waals surface area contributed by atoms with Crippen molar-refractivity contribution in [2.24, 2.45) is 0 Å². The number of carboxylic acid groups (broad SMARTS) is 1. The average Bonchev–Trinajstić information content (AvgIpc) is 3.91. The van der Waals surface area contributed by atoms with Gasteiger partial charge < -0.3 is 39.1 Å². The second kappa shape index (κ2) is 21.1. The summed E-state index contributed by atoms with van der Waals surface area (Å²) in [6.45, 7) is 1.98. The van der Waals surface area contributed by atoms with Crippen LogP contribution in [0.2, 0.25) is 0 Å². The summed E-state index contributed by atoms with van der Waals surface area (Å²) in [6, 6.07) is 21.4. The normalized spacial score (nSPS) is 19.0. The van der Waals surface area contributed by atoms with E-state index in [0.717, 1.165) is 21.6 Å². The first-order valence-electron chi connectivity index (χ1n) is 23.0. The summed E-state index contributed by atoms with van der Waals surface area (Å²) in [7, 11) is 4.89. The highest BCUT2D eigenvalue weighted by Gasteiger charge is 2.50. The molecule has 4 amide bonds. The molecule has 3 aliphatic rings. The number of carbonyl (C=O) groups is 4. The highest BCUT2D eigenvalue weighted by Crippen LogP contribution is 2.48. The summed E-state index contributed by atoms with van der Waals surface area (Å²) >= 11 is 0. The molecule has 2 saturated heterocycles. The fourth-order valence-corrected chi connectivity index (χ4v) is 9.77. The number of hydrogen-bond donors (Lipinski definition) is 1. The number of carbonyl (C=O) groups excluding carboxylic acids is 3. The Hall–Kier alpha value is -6.05. The van der Waals surface area contributed by atoms with Crippen LogP contribution in [0.4, 0.5) is 35.5 Å². The largest absolute Gasteiger partial charge is 0.465 e. The maximum Gasteiger partial charge on any atom is 0.416 e. The molecule has 0 saturated carbocycles. The number of benzene rings is 4. The van der Waals surface area contributed by atoms with Gasteiger partial charge in [0.25, 0.3) is 11.8 Å². The predicted molar refractivity (Wildman–Crippen MR) is 243 cm³/mol. The lowest BCUT2D eigenvalue weighted by atomic mass is 9.72. The van der Waals surface area contributed by atoms with E-state index >= 15 is 0 Å². The van der Waals surface area contributed by atoms with Gasteiger partial charge in [-0.05, 0) is 116 Å². The Bertz CT molecular complexity index is 2480. The number of hydrogen-bond acceptors (Lipinski definition) is 7. The molecule has 2 fully saturated rings. The van der Waals surface area contributed by atoms with Gasteiger partial charge in [0.1, 0.15) is 24.8 Å². The molecule has 1 aliphatic carbocycles. The molecule has 2 aliphatic heterocycles. The van der Waals surface area contributed by atoms with Gasteiger partial charge in [-0.2, -0.15) is 26.3 Å². The minimum absolute atomic E-state index is 0.0330. The molecule has 2 heterocycles. The van der Waals surface area contributed by atoms with Crippen LogP contribution in [0.15, 0.2) is 91.0 Å². The molecule has 0 bridgehead atoms. The summed E-state index contributed by atoms with van der Waals surface area (Å²) < 4.78 is 109. The van der Waals surface area contributed by atoms with Crippen LogP contribution in [-0.2, 0) is 50.5 Å². The van der Waals surface area contributed by atoms with Gasteiger partial charge in [-0.1, -0.05) is 48.5 Å². The molecule has 70 heavy (non-hydrogen) atoms. The summed E-state index contributed by atoms with van der Waals surface area (Å²) in [5, 5.41) is 9.07. The van der Waals surface area contributed by atoms with Crippen molar-refractivity contribution in [2.45, 2.75) is 68.0 Å². The van der Waals surface area contributed by atoms with Gasteiger partial charge in [0, 0.05) is 63.9 Å². The molecular formula is C51H56F7N5O7. The van der Waals surface area contributed by atoms with E-state index in [9.17, 15) is 49.9 Å². The van der Waals surface area contributed by atoms with Gasteiger partial charge in [-0.25, -0.2) is 9.18 Å². The maximum atomic E-state index is 14.1. The van der Waals surface area contributed by atoms with E-state index in [0.29, 0.717) is 94.6 Å². The van der Waals surface area contributed by atoms with Gasteiger partial charge in [-0.3, -0.25) is 14.4 Å². The number of alkyl halides is 6. The number of likely N-dealkylation sites (N-methyl/N-ethyl adjacent to an activating group) is 2. The standard InChI is InChI=1S/C51H56F7N5O7/c1-59(21-6-22-60(2)45(65)35-11-9-34(10-12-35)17-23-61(3)47(67)68)44(64)31-69-43-29-36-7-4-5-8-42(36)48(43)18-24-62(25-19-48)26-20-49(38-13-15-41(52)16-14-38)32-63(33-70-49)46(66)37-27-39(50(53,54)55)30-40(28-37)51(56,57)58/h4-5,7-16,27-28,30,43H,6,17-26,29,31-33H2,1-3H3,(H,67,68)/t43-,49+/m0/s1. The van der Waals surface area contributed by atoms with Gasteiger partial charge in [-0.15, -0.1) is 0 Å². The van der Waals surface area contributed by atoms with E-state index in [1.54, 1.807) is 36.0 Å². The first-order chi connectivity index (χ1) is 33.1. The topological polar surface area (TPSA) is 123 Å². The van der Waals surface area contributed by atoms with Crippen LogP contribution in [0, 0.1) is 5.82 Å². The van der Waals surface area contributed by atoms with E-state index in [-0.39, 0.29) is 43.6 Å². The Labute approximate surface area is 401 Å². The van der Waals surface area contributed by atoms with Crippen molar-refractivity contribution in [1.29, 1.82) is 0 Å². The Balaban J connectivity index is 0.943. The molecular weight excluding hydrogens is 928 g/mol. The van der Waals surface area contributed by atoms with E-state index in [4.69, 9.17) is 14.6 Å². The SMILES string of the molecule is CN(CCc1ccc(C(=O)N(C)CCCN(C)C(=O)CO[C@H]2Cc3ccccc3C23CCN(CC[C@]2(c4ccc(F)cc4)CN(C(=O)c4cc(C(F)(F)F)cc(C(F)(F)F)c4)CO2)CC3)cc1)C(=O)O. The third kappa shape index (κ3) is 11.8. The van der Waals surface area contributed by atoms with Crippen LogP contribution >= 0.6 is 0 Å². The van der Waals surface area contributed by atoms with Gasteiger partial charge >= 0.3 is 18.4 Å². The first kappa shape index (κ1) is 51.8.